The second-order valence-electron chi connectivity index (χ2n) is 7.39. The van der Waals surface area contributed by atoms with Gasteiger partial charge in [-0.2, -0.15) is 0 Å². The SMILES string of the molecule is CCCN1CC(N)C(N2CCC(N3CCCC3=O)CC2)C(F)C1. The highest BCUT2D eigenvalue weighted by Crippen LogP contribution is 2.26. The topological polar surface area (TPSA) is 52.8 Å². The number of halogens is 1. The van der Waals surface area contributed by atoms with Gasteiger partial charge in [-0.25, -0.2) is 4.39 Å². The maximum Gasteiger partial charge on any atom is 0.222 e. The summed E-state index contributed by atoms with van der Waals surface area (Å²) in [6, 6.07) is 0.0873. The Morgan fingerprint density at radius 2 is 1.96 bits per heavy atom. The molecule has 0 aromatic heterocycles. The first-order valence-corrected chi connectivity index (χ1v) is 9.25. The predicted molar refractivity (Wildman–Crippen MR) is 88.9 cm³/mol. The minimum absolute atomic E-state index is 0.115. The van der Waals surface area contributed by atoms with Crippen LogP contribution in [0.1, 0.15) is 39.0 Å². The van der Waals surface area contributed by atoms with Crippen LogP contribution in [0, 0.1) is 0 Å². The molecule has 0 radical (unpaired) electrons. The number of alkyl halides is 1. The van der Waals surface area contributed by atoms with Crippen LogP contribution in [0.5, 0.6) is 0 Å². The van der Waals surface area contributed by atoms with E-state index >= 15 is 0 Å². The van der Waals surface area contributed by atoms with Crippen molar-refractivity contribution in [3.8, 4) is 0 Å². The fourth-order valence-electron chi connectivity index (χ4n) is 4.65. The first kappa shape index (κ1) is 17.1. The Hall–Kier alpha value is -0.720. The summed E-state index contributed by atoms with van der Waals surface area (Å²) in [6.07, 6.45) is 3.79. The van der Waals surface area contributed by atoms with Crippen LogP contribution in [0.3, 0.4) is 0 Å². The fourth-order valence-corrected chi connectivity index (χ4v) is 4.65. The Kier molecular flexibility index (Phi) is 5.54. The van der Waals surface area contributed by atoms with E-state index in [4.69, 9.17) is 5.73 Å². The second kappa shape index (κ2) is 7.45. The van der Waals surface area contributed by atoms with Crippen molar-refractivity contribution in [2.45, 2.75) is 63.3 Å². The summed E-state index contributed by atoms with van der Waals surface area (Å²) in [7, 11) is 0. The average molecular weight is 326 g/mol. The van der Waals surface area contributed by atoms with E-state index in [-0.39, 0.29) is 12.1 Å². The third-order valence-corrected chi connectivity index (χ3v) is 5.72. The lowest BCUT2D eigenvalue weighted by atomic mass is 9.93. The van der Waals surface area contributed by atoms with Gasteiger partial charge >= 0.3 is 0 Å². The van der Waals surface area contributed by atoms with E-state index in [0.717, 1.165) is 58.4 Å². The lowest BCUT2D eigenvalue weighted by Gasteiger charge is -2.47. The molecule has 3 fully saturated rings. The third-order valence-electron chi connectivity index (χ3n) is 5.72. The number of carbonyl (C=O) groups excluding carboxylic acids is 1. The Bertz CT molecular complexity index is 401. The zero-order valence-corrected chi connectivity index (χ0v) is 14.3. The lowest BCUT2D eigenvalue weighted by Crippen LogP contribution is -2.65. The zero-order chi connectivity index (χ0) is 16.4. The normalized spacial score (nSPS) is 35.2. The van der Waals surface area contributed by atoms with Gasteiger partial charge in [0.25, 0.3) is 0 Å². The molecule has 3 atom stereocenters. The third kappa shape index (κ3) is 3.69. The molecule has 0 spiro atoms. The zero-order valence-electron chi connectivity index (χ0n) is 14.3. The van der Waals surface area contributed by atoms with Crippen molar-refractivity contribution in [1.82, 2.24) is 14.7 Å². The Balaban J connectivity index is 1.54. The van der Waals surface area contributed by atoms with Gasteiger partial charge in [-0.05, 0) is 32.2 Å². The minimum Gasteiger partial charge on any atom is -0.340 e. The van der Waals surface area contributed by atoms with E-state index in [1.165, 1.54) is 0 Å². The summed E-state index contributed by atoms with van der Waals surface area (Å²) in [5.41, 5.74) is 6.31. The minimum atomic E-state index is -0.865. The van der Waals surface area contributed by atoms with Gasteiger partial charge < -0.3 is 10.6 Å². The highest BCUT2D eigenvalue weighted by atomic mass is 19.1. The molecule has 0 aromatic carbocycles. The number of likely N-dealkylation sites (tertiary alicyclic amines) is 3. The standard InChI is InChI=1S/C17H31FN4O/c1-2-7-20-11-14(18)17(15(19)12-20)21-9-5-13(6-10-21)22-8-3-4-16(22)23/h13-15,17H,2-12,19H2,1H3. The van der Waals surface area contributed by atoms with Crippen LogP contribution in [-0.4, -0.2) is 84.2 Å². The molecule has 0 aliphatic carbocycles. The summed E-state index contributed by atoms with van der Waals surface area (Å²) < 4.78 is 14.7. The van der Waals surface area contributed by atoms with Crippen LogP contribution >= 0.6 is 0 Å². The molecule has 1 amide bonds. The van der Waals surface area contributed by atoms with Crippen LogP contribution in [0.15, 0.2) is 0 Å². The molecule has 6 heteroatoms. The van der Waals surface area contributed by atoms with Gasteiger partial charge in [0.15, 0.2) is 0 Å². The molecular formula is C17H31FN4O. The predicted octanol–water partition coefficient (Wildman–Crippen LogP) is 0.833. The van der Waals surface area contributed by atoms with Crippen LogP contribution in [-0.2, 0) is 4.79 Å². The summed E-state index contributed by atoms with van der Waals surface area (Å²) in [6.45, 7) is 6.99. The summed E-state index contributed by atoms with van der Waals surface area (Å²) in [4.78, 5) is 18.3. The Morgan fingerprint density at radius 1 is 1.22 bits per heavy atom. The molecule has 23 heavy (non-hydrogen) atoms. The van der Waals surface area contributed by atoms with Gasteiger partial charge in [0.1, 0.15) is 6.17 Å². The Labute approximate surface area is 139 Å². The largest absolute Gasteiger partial charge is 0.340 e. The molecule has 3 aliphatic heterocycles. The Morgan fingerprint density at radius 3 is 2.52 bits per heavy atom. The summed E-state index contributed by atoms with van der Waals surface area (Å²) >= 11 is 0. The summed E-state index contributed by atoms with van der Waals surface area (Å²) in [5.74, 6) is 0.302. The molecule has 5 nitrogen and oxygen atoms in total. The molecule has 132 valence electrons. The number of carbonyl (C=O) groups is 1. The van der Waals surface area contributed by atoms with Crippen LogP contribution in [0.25, 0.3) is 0 Å². The molecule has 0 aromatic rings. The molecule has 3 aliphatic rings. The maximum absolute atomic E-state index is 14.7. The van der Waals surface area contributed by atoms with Gasteiger partial charge in [-0.15, -0.1) is 0 Å². The molecule has 3 unspecified atom stereocenters. The monoisotopic (exact) mass is 326 g/mol. The smallest absolute Gasteiger partial charge is 0.222 e. The van der Waals surface area contributed by atoms with E-state index < -0.39 is 6.17 Å². The van der Waals surface area contributed by atoms with Gasteiger partial charge in [0, 0.05) is 51.2 Å². The molecule has 3 heterocycles. The van der Waals surface area contributed by atoms with E-state index in [1.807, 2.05) is 4.90 Å². The van der Waals surface area contributed by atoms with Gasteiger partial charge in [0.2, 0.25) is 5.91 Å². The van der Waals surface area contributed by atoms with E-state index in [9.17, 15) is 9.18 Å². The van der Waals surface area contributed by atoms with Gasteiger partial charge in [-0.3, -0.25) is 14.6 Å². The number of piperidine rings is 2. The van der Waals surface area contributed by atoms with Crippen molar-refractivity contribution in [3.63, 3.8) is 0 Å². The van der Waals surface area contributed by atoms with Crippen LogP contribution in [0.4, 0.5) is 4.39 Å². The summed E-state index contributed by atoms with van der Waals surface area (Å²) in [5, 5.41) is 0. The number of hydrogen-bond acceptors (Lipinski definition) is 4. The van der Waals surface area contributed by atoms with Gasteiger partial charge in [0.05, 0.1) is 6.04 Å². The van der Waals surface area contributed by atoms with Crippen molar-refractivity contribution in [3.05, 3.63) is 0 Å². The van der Waals surface area contributed by atoms with E-state index in [2.05, 4.69) is 16.7 Å². The van der Waals surface area contributed by atoms with Crippen molar-refractivity contribution < 1.29 is 9.18 Å². The molecule has 0 saturated carbocycles. The number of nitrogens with two attached hydrogens (primary N) is 1. The molecule has 3 rings (SSSR count). The highest BCUT2D eigenvalue weighted by molar-refractivity contribution is 5.78. The first-order valence-electron chi connectivity index (χ1n) is 9.25. The van der Waals surface area contributed by atoms with Crippen molar-refractivity contribution >= 4 is 5.91 Å². The number of hydrogen-bond donors (Lipinski definition) is 1. The van der Waals surface area contributed by atoms with Crippen LogP contribution < -0.4 is 5.73 Å². The molecular weight excluding hydrogens is 295 g/mol. The van der Waals surface area contributed by atoms with Gasteiger partial charge in [-0.1, -0.05) is 6.92 Å². The highest BCUT2D eigenvalue weighted by Gasteiger charge is 2.41. The van der Waals surface area contributed by atoms with E-state index in [1.54, 1.807) is 0 Å². The van der Waals surface area contributed by atoms with Crippen molar-refractivity contribution in [1.29, 1.82) is 0 Å². The quantitative estimate of drug-likeness (QED) is 0.831. The number of nitrogens with zero attached hydrogens (tertiary/aromatic N) is 3. The first-order chi connectivity index (χ1) is 11.1. The maximum atomic E-state index is 14.7. The number of rotatable bonds is 4. The van der Waals surface area contributed by atoms with Crippen molar-refractivity contribution in [2.24, 2.45) is 5.73 Å². The van der Waals surface area contributed by atoms with Crippen molar-refractivity contribution in [2.75, 3.05) is 39.3 Å². The molecule has 3 saturated heterocycles. The average Bonchev–Trinajstić information content (AvgIpc) is 2.94. The van der Waals surface area contributed by atoms with Crippen LogP contribution in [0.2, 0.25) is 0 Å². The van der Waals surface area contributed by atoms with E-state index in [0.29, 0.717) is 24.9 Å². The fraction of sp³-hybridized carbons (Fsp3) is 0.941. The molecule has 0 bridgehead atoms. The number of amides is 1. The second-order valence-corrected chi connectivity index (χ2v) is 7.39. The molecule has 2 N–H and O–H groups in total. The lowest BCUT2D eigenvalue weighted by molar-refractivity contribution is -0.130.